The highest BCUT2D eigenvalue weighted by Gasteiger charge is 2.21. The molecule has 1 amide bonds. The molecule has 0 aliphatic heterocycles. The highest BCUT2D eigenvalue weighted by molar-refractivity contribution is 8.17. The maximum absolute atomic E-state index is 13.0. The molecule has 0 fully saturated rings. The molecule has 154 valence electrons. The zero-order valence-corrected chi connectivity index (χ0v) is 18.3. The van der Waals surface area contributed by atoms with Crippen LogP contribution < -0.4 is 10.6 Å². The molecule has 0 bridgehead atoms. The number of amides is 1. The highest BCUT2D eigenvalue weighted by Crippen LogP contribution is 2.30. The molecule has 7 heteroatoms. The second kappa shape index (κ2) is 10.7. The van der Waals surface area contributed by atoms with Crippen LogP contribution in [0.5, 0.6) is 5.75 Å². The Balaban J connectivity index is 2.28. The number of carbonyl (C=O) groups excluding carboxylic acids is 1. The Morgan fingerprint density at radius 2 is 2.00 bits per heavy atom. The molecular formula is C22H28N4O2S. The zero-order valence-electron chi connectivity index (χ0n) is 17.4. The third-order valence-electron chi connectivity index (χ3n) is 4.43. The van der Waals surface area contributed by atoms with Gasteiger partial charge in [-0.05, 0) is 55.7 Å². The van der Waals surface area contributed by atoms with Crippen molar-refractivity contribution < 1.29 is 9.53 Å². The van der Waals surface area contributed by atoms with Crippen molar-refractivity contribution in [3.05, 3.63) is 70.5 Å². The van der Waals surface area contributed by atoms with Gasteiger partial charge in [-0.25, -0.2) is 0 Å². The Morgan fingerprint density at radius 1 is 1.31 bits per heavy atom. The first-order valence-corrected chi connectivity index (χ1v) is 10.3. The lowest BCUT2D eigenvalue weighted by Crippen LogP contribution is -2.30. The van der Waals surface area contributed by atoms with Gasteiger partial charge in [-0.1, -0.05) is 31.7 Å². The van der Waals surface area contributed by atoms with E-state index in [9.17, 15) is 4.79 Å². The summed E-state index contributed by atoms with van der Waals surface area (Å²) in [6, 6.07) is 7.44. The lowest BCUT2D eigenvalue weighted by atomic mass is 10.1. The number of hydrazone groups is 1. The van der Waals surface area contributed by atoms with Crippen LogP contribution in [0.3, 0.4) is 0 Å². The lowest BCUT2D eigenvalue weighted by molar-refractivity contribution is 0.0816. The first-order chi connectivity index (χ1) is 13.9. The number of hydrogen-bond acceptors (Lipinski definition) is 6. The molecular weight excluding hydrogens is 384 g/mol. The molecule has 0 saturated heterocycles. The number of rotatable bonds is 8. The molecule has 2 N–H and O–H groups in total. The van der Waals surface area contributed by atoms with E-state index in [1.165, 1.54) is 11.8 Å². The number of hydrogen-bond donors (Lipinski definition) is 1. The first kappa shape index (κ1) is 22.5. The number of pyridine rings is 1. The standard InChI is InChI=1S/C22H28N4O2S/c1-6-7-11-26(22(27)18-9-8-10-24-14-18)17(4)29-21(25-23)19-12-15(2)20(28-5)16(3)13-19/h8-10,12-14H,4,6-7,11,23H2,1-3,5H3/b25-21-. The number of thioether (sulfide) groups is 1. The van der Waals surface area contributed by atoms with Crippen molar-refractivity contribution in [1.82, 2.24) is 9.88 Å². The van der Waals surface area contributed by atoms with Crippen molar-refractivity contribution >= 4 is 22.7 Å². The summed E-state index contributed by atoms with van der Waals surface area (Å²) in [5, 5.41) is 5.12. The maximum atomic E-state index is 13.0. The molecule has 0 saturated carbocycles. The van der Waals surface area contributed by atoms with Gasteiger partial charge in [0.15, 0.2) is 0 Å². The molecule has 29 heavy (non-hydrogen) atoms. The van der Waals surface area contributed by atoms with Crippen LogP contribution in [0, 0.1) is 13.8 Å². The minimum Gasteiger partial charge on any atom is -0.496 e. The molecule has 0 unspecified atom stereocenters. The van der Waals surface area contributed by atoms with E-state index in [1.54, 1.807) is 36.5 Å². The molecule has 0 aliphatic rings. The Labute approximate surface area is 176 Å². The van der Waals surface area contributed by atoms with Gasteiger partial charge >= 0.3 is 0 Å². The number of nitrogens with two attached hydrogens (primary N) is 1. The molecule has 0 radical (unpaired) electrons. The summed E-state index contributed by atoms with van der Waals surface area (Å²) in [4.78, 5) is 18.7. The van der Waals surface area contributed by atoms with E-state index >= 15 is 0 Å². The predicted octanol–water partition coefficient (Wildman–Crippen LogP) is 4.47. The van der Waals surface area contributed by atoms with E-state index in [1.807, 2.05) is 26.0 Å². The van der Waals surface area contributed by atoms with Crippen LogP contribution in [0.2, 0.25) is 0 Å². The minimum absolute atomic E-state index is 0.137. The molecule has 0 aliphatic carbocycles. The normalized spacial score (nSPS) is 11.2. The second-order valence-electron chi connectivity index (χ2n) is 6.63. The van der Waals surface area contributed by atoms with Crippen molar-refractivity contribution in [3.63, 3.8) is 0 Å². The summed E-state index contributed by atoms with van der Waals surface area (Å²) in [5.41, 5.74) is 3.36. The van der Waals surface area contributed by atoms with Crippen molar-refractivity contribution in [1.29, 1.82) is 0 Å². The fraction of sp³-hybridized carbons (Fsp3) is 0.318. The van der Waals surface area contributed by atoms with Gasteiger partial charge in [-0.3, -0.25) is 9.78 Å². The number of aryl methyl sites for hydroxylation is 2. The Morgan fingerprint density at radius 3 is 2.52 bits per heavy atom. The van der Waals surface area contributed by atoms with Crippen LogP contribution in [0.1, 0.15) is 46.8 Å². The molecule has 1 heterocycles. The molecule has 1 aromatic carbocycles. The number of nitrogens with zero attached hydrogens (tertiary/aromatic N) is 3. The third kappa shape index (κ3) is 5.60. The largest absolute Gasteiger partial charge is 0.496 e. The molecule has 0 spiro atoms. The van der Waals surface area contributed by atoms with Gasteiger partial charge in [-0.15, -0.1) is 0 Å². The van der Waals surface area contributed by atoms with Crippen molar-refractivity contribution in [2.75, 3.05) is 13.7 Å². The Kier molecular flexibility index (Phi) is 8.27. The minimum atomic E-state index is -0.137. The van der Waals surface area contributed by atoms with Gasteiger partial charge in [0.05, 0.1) is 17.7 Å². The van der Waals surface area contributed by atoms with E-state index in [0.717, 1.165) is 35.3 Å². The number of methoxy groups -OCH3 is 1. The SMILES string of the molecule is C=C(S/C(=N\N)c1cc(C)c(OC)c(C)c1)N(CCCC)C(=O)c1cccnc1. The van der Waals surface area contributed by atoms with Gasteiger partial charge in [0.2, 0.25) is 0 Å². The summed E-state index contributed by atoms with van der Waals surface area (Å²) < 4.78 is 5.43. The molecule has 0 atom stereocenters. The summed E-state index contributed by atoms with van der Waals surface area (Å²) in [5.74, 6) is 6.39. The highest BCUT2D eigenvalue weighted by atomic mass is 32.2. The van der Waals surface area contributed by atoms with Crippen LogP contribution >= 0.6 is 11.8 Å². The van der Waals surface area contributed by atoms with E-state index in [4.69, 9.17) is 10.6 Å². The quantitative estimate of drug-likeness (QED) is 0.299. The summed E-state index contributed by atoms with van der Waals surface area (Å²) in [6.07, 6.45) is 5.03. The van der Waals surface area contributed by atoms with Crippen LogP contribution in [-0.2, 0) is 0 Å². The smallest absolute Gasteiger partial charge is 0.260 e. The van der Waals surface area contributed by atoms with Crippen molar-refractivity contribution in [3.8, 4) is 5.75 Å². The van der Waals surface area contributed by atoms with Gasteiger partial charge in [-0.2, -0.15) is 5.10 Å². The summed E-state index contributed by atoms with van der Waals surface area (Å²) in [6.45, 7) is 10.7. The lowest BCUT2D eigenvalue weighted by Gasteiger charge is -2.24. The second-order valence-corrected chi connectivity index (χ2v) is 7.69. The summed E-state index contributed by atoms with van der Waals surface area (Å²) in [7, 11) is 1.65. The Hall–Kier alpha value is -2.80. The number of benzene rings is 1. The van der Waals surface area contributed by atoms with E-state index < -0.39 is 0 Å². The van der Waals surface area contributed by atoms with Crippen LogP contribution in [0.4, 0.5) is 0 Å². The molecule has 6 nitrogen and oxygen atoms in total. The van der Waals surface area contributed by atoms with E-state index in [2.05, 4.69) is 23.6 Å². The van der Waals surface area contributed by atoms with Crippen LogP contribution in [0.15, 0.2) is 53.4 Å². The number of unbranched alkanes of at least 4 members (excludes halogenated alkanes) is 1. The zero-order chi connectivity index (χ0) is 21.4. The number of aromatic nitrogens is 1. The molecule has 2 rings (SSSR count). The predicted molar refractivity (Wildman–Crippen MR) is 120 cm³/mol. The molecule has 2 aromatic rings. The molecule has 1 aromatic heterocycles. The average Bonchev–Trinajstić information content (AvgIpc) is 2.72. The fourth-order valence-electron chi connectivity index (χ4n) is 3.02. The monoisotopic (exact) mass is 412 g/mol. The fourth-order valence-corrected chi connectivity index (χ4v) is 3.82. The van der Waals surface area contributed by atoms with E-state index in [0.29, 0.717) is 22.2 Å². The first-order valence-electron chi connectivity index (χ1n) is 9.45. The maximum Gasteiger partial charge on any atom is 0.260 e. The average molecular weight is 413 g/mol. The van der Waals surface area contributed by atoms with Crippen molar-refractivity contribution in [2.45, 2.75) is 33.6 Å². The van der Waals surface area contributed by atoms with Gasteiger partial charge in [0.25, 0.3) is 5.91 Å². The van der Waals surface area contributed by atoms with Gasteiger partial charge < -0.3 is 15.5 Å². The van der Waals surface area contributed by atoms with Crippen LogP contribution in [0.25, 0.3) is 0 Å². The number of carbonyl (C=O) groups is 1. The van der Waals surface area contributed by atoms with E-state index in [-0.39, 0.29) is 5.91 Å². The van der Waals surface area contributed by atoms with Crippen LogP contribution in [-0.4, -0.2) is 34.5 Å². The number of ether oxygens (including phenoxy) is 1. The van der Waals surface area contributed by atoms with Crippen molar-refractivity contribution in [2.24, 2.45) is 10.9 Å². The van der Waals surface area contributed by atoms with Gasteiger partial charge in [0, 0.05) is 24.5 Å². The Bertz CT molecular complexity index is 874. The topological polar surface area (TPSA) is 80.8 Å². The summed E-state index contributed by atoms with van der Waals surface area (Å²) >= 11 is 1.28. The third-order valence-corrected chi connectivity index (χ3v) is 5.42. The van der Waals surface area contributed by atoms with Gasteiger partial charge in [0.1, 0.15) is 10.8 Å².